The van der Waals surface area contributed by atoms with Gasteiger partial charge in [0, 0.05) is 11.3 Å². The molecule has 1 amide bonds. The van der Waals surface area contributed by atoms with Gasteiger partial charge in [-0.2, -0.15) is 0 Å². The maximum Gasteiger partial charge on any atom is 0.300 e. The van der Waals surface area contributed by atoms with Crippen molar-refractivity contribution in [3.63, 3.8) is 0 Å². The molecule has 0 bridgehead atoms. The third-order valence-electron chi connectivity index (χ3n) is 5.77. The molecule has 0 saturated carbocycles. The minimum Gasteiger partial charge on any atom is -0.507 e. The van der Waals surface area contributed by atoms with E-state index >= 15 is 0 Å². The van der Waals surface area contributed by atoms with E-state index in [1.165, 1.54) is 4.90 Å². The highest BCUT2D eigenvalue weighted by molar-refractivity contribution is 6.51. The van der Waals surface area contributed by atoms with Crippen molar-refractivity contribution in [2.75, 3.05) is 11.5 Å². The number of aryl methyl sites for hydroxylation is 1. The van der Waals surface area contributed by atoms with E-state index in [1.807, 2.05) is 58.0 Å². The second-order valence-electron chi connectivity index (χ2n) is 8.66. The molecule has 3 aromatic carbocycles. The molecule has 1 atom stereocenters. The summed E-state index contributed by atoms with van der Waals surface area (Å²) in [5, 5.41) is 11.4. The molecule has 6 heteroatoms. The first-order chi connectivity index (χ1) is 16.8. The van der Waals surface area contributed by atoms with Crippen molar-refractivity contribution in [1.82, 2.24) is 0 Å². The molecular formula is C29H29NO5. The van der Waals surface area contributed by atoms with Gasteiger partial charge in [0.15, 0.2) is 0 Å². The zero-order valence-electron chi connectivity index (χ0n) is 20.3. The van der Waals surface area contributed by atoms with E-state index in [4.69, 9.17) is 9.47 Å². The van der Waals surface area contributed by atoms with Crippen LogP contribution >= 0.6 is 0 Å². The summed E-state index contributed by atoms with van der Waals surface area (Å²) in [7, 11) is 0. The summed E-state index contributed by atoms with van der Waals surface area (Å²) >= 11 is 0. The Morgan fingerprint density at radius 2 is 1.74 bits per heavy atom. The summed E-state index contributed by atoms with van der Waals surface area (Å²) in [6.45, 7) is 8.14. The van der Waals surface area contributed by atoms with E-state index in [1.54, 1.807) is 42.5 Å². The minimum absolute atomic E-state index is 0.0316. The summed E-state index contributed by atoms with van der Waals surface area (Å²) in [4.78, 5) is 28.1. The third kappa shape index (κ3) is 4.78. The first-order valence-corrected chi connectivity index (χ1v) is 11.7. The van der Waals surface area contributed by atoms with Gasteiger partial charge < -0.3 is 14.6 Å². The molecule has 1 N–H and O–H groups in total. The normalized spacial score (nSPS) is 17.2. The molecule has 0 aliphatic carbocycles. The maximum absolute atomic E-state index is 13.3. The van der Waals surface area contributed by atoms with E-state index in [0.717, 1.165) is 5.56 Å². The molecule has 35 heavy (non-hydrogen) atoms. The number of aliphatic hydroxyl groups is 1. The molecule has 1 aliphatic rings. The second kappa shape index (κ2) is 10.1. The first-order valence-electron chi connectivity index (χ1n) is 11.7. The van der Waals surface area contributed by atoms with Crippen LogP contribution in [0.3, 0.4) is 0 Å². The summed E-state index contributed by atoms with van der Waals surface area (Å²) in [5.41, 5.74) is 2.52. The number of ether oxygens (including phenoxy) is 2. The van der Waals surface area contributed by atoms with Crippen molar-refractivity contribution in [3.8, 4) is 11.5 Å². The predicted molar refractivity (Wildman–Crippen MR) is 136 cm³/mol. The van der Waals surface area contributed by atoms with Gasteiger partial charge in [-0.15, -0.1) is 0 Å². The number of anilines is 1. The number of benzene rings is 3. The molecule has 1 saturated heterocycles. The van der Waals surface area contributed by atoms with Crippen molar-refractivity contribution in [2.24, 2.45) is 0 Å². The van der Waals surface area contributed by atoms with E-state index in [9.17, 15) is 14.7 Å². The van der Waals surface area contributed by atoms with Crippen LogP contribution in [0.2, 0.25) is 0 Å². The number of hydrogen-bond donors (Lipinski definition) is 1. The van der Waals surface area contributed by atoms with Gasteiger partial charge in [0.25, 0.3) is 11.7 Å². The number of carbonyl (C=O) groups is 2. The lowest BCUT2D eigenvalue weighted by molar-refractivity contribution is -0.132. The first kappa shape index (κ1) is 24.1. The standard InChI is InChI=1S/C29H29NO5/c1-5-34-24-15-14-21(16-19(24)4)27(31)25-26(20-10-9-13-23(17-20)35-18(2)3)30(29(33)28(25)32)22-11-7-6-8-12-22/h6-18,26,31H,5H2,1-4H3/b27-25+. The maximum atomic E-state index is 13.3. The Balaban J connectivity index is 1.90. The average Bonchev–Trinajstić information content (AvgIpc) is 3.11. The minimum atomic E-state index is -0.819. The predicted octanol–water partition coefficient (Wildman–Crippen LogP) is 5.81. The van der Waals surface area contributed by atoms with Crippen LogP contribution in [0.5, 0.6) is 11.5 Å². The number of hydrogen-bond acceptors (Lipinski definition) is 5. The Kier molecular flexibility index (Phi) is 6.92. The van der Waals surface area contributed by atoms with Gasteiger partial charge in [-0.3, -0.25) is 14.5 Å². The average molecular weight is 472 g/mol. The molecule has 180 valence electrons. The zero-order valence-corrected chi connectivity index (χ0v) is 20.3. The molecule has 4 rings (SSSR count). The van der Waals surface area contributed by atoms with Crippen LogP contribution in [0.25, 0.3) is 5.76 Å². The van der Waals surface area contributed by atoms with Crippen molar-refractivity contribution >= 4 is 23.1 Å². The van der Waals surface area contributed by atoms with E-state index < -0.39 is 17.7 Å². The summed E-state index contributed by atoms with van der Waals surface area (Å²) in [6, 6.07) is 20.7. The van der Waals surface area contributed by atoms with Crippen LogP contribution in [0.15, 0.2) is 78.4 Å². The number of amides is 1. The third-order valence-corrected chi connectivity index (χ3v) is 5.77. The largest absolute Gasteiger partial charge is 0.507 e. The van der Waals surface area contributed by atoms with Gasteiger partial charge in [0.05, 0.1) is 24.3 Å². The fourth-order valence-corrected chi connectivity index (χ4v) is 4.30. The van der Waals surface area contributed by atoms with Crippen LogP contribution in [0.1, 0.15) is 43.5 Å². The number of carbonyl (C=O) groups excluding carboxylic acids is 2. The van der Waals surface area contributed by atoms with Crippen molar-refractivity contribution in [2.45, 2.75) is 39.8 Å². The van der Waals surface area contributed by atoms with Gasteiger partial charge in [0.2, 0.25) is 0 Å². The molecular weight excluding hydrogens is 442 g/mol. The van der Waals surface area contributed by atoms with E-state index in [-0.39, 0.29) is 17.4 Å². The number of para-hydroxylation sites is 1. The highest BCUT2D eigenvalue weighted by atomic mass is 16.5. The fourth-order valence-electron chi connectivity index (χ4n) is 4.30. The lowest BCUT2D eigenvalue weighted by atomic mass is 9.94. The van der Waals surface area contributed by atoms with Gasteiger partial charge in [0.1, 0.15) is 17.3 Å². The monoisotopic (exact) mass is 471 g/mol. The second-order valence-corrected chi connectivity index (χ2v) is 8.66. The van der Waals surface area contributed by atoms with Crippen LogP contribution in [-0.4, -0.2) is 29.5 Å². The quantitative estimate of drug-likeness (QED) is 0.267. The number of Topliss-reactive ketones (excluding diaryl/α,β-unsaturated/α-hetero) is 1. The Bertz CT molecular complexity index is 1280. The van der Waals surface area contributed by atoms with E-state index in [0.29, 0.717) is 34.9 Å². The van der Waals surface area contributed by atoms with Crippen molar-refractivity contribution in [1.29, 1.82) is 0 Å². The molecule has 1 aliphatic heterocycles. The Morgan fingerprint density at radius 1 is 1.00 bits per heavy atom. The van der Waals surface area contributed by atoms with Crippen LogP contribution in [0.4, 0.5) is 5.69 Å². The molecule has 3 aromatic rings. The Labute approximate surface area is 205 Å². The van der Waals surface area contributed by atoms with Crippen LogP contribution in [-0.2, 0) is 9.59 Å². The zero-order chi connectivity index (χ0) is 25.1. The van der Waals surface area contributed by atoms with Crippen LogP contribution in [0, 0.1) is 6.92 Å². The SMILES string of the molecule is CCOc1ccc(/C(O)=C2\C(=O)C(=O)N(c3ccccc3)C2c2cccc(OC(C)C)c2)cc1C. The summed E-state index contributed by atoms with van der Waals surface area (Å²) in [5.74, 6) is -0.344. The smallest absolute Gasteiger partial charge is 0.300 e. The molecule has 1 unspecified atom stereocenters. The molecule has 0 spiro atoms. The molecule has 6 nitrogen and oxygen atoms in total. The lowest BCUT2D eigenvalue weighted by Crippen LogP contribution is -2.29. The summed E-state index contributed by atoms with van der Waals surface area (Å²) < 4.78 is 11.5. The molecule has 0 radical (unpaired) electrons. The van der Waals surface area contributed by atoms with E-state index in [2.05, 4.69) is 0 Å². The number of aliphatic hydroxyl groups excluding tert-OH is 1. The molecule has 1 heterocycles. The van der Waals surface area contributed by atoms with Crippen molar-refractivity contribution < 1.29 is 24.2 Å². The van der Waals surface area contributed by atoms with Crippen molar-refractivity contribution in [3.05, 3.63) is 95.1 Å². The Morgan fingerprint density at radius 3 is 2.40 bits per heavy atom. The summed E-state index contributed by atoms with van der Waals surface area (Å²) in [6.07, 6.45) is -0.0439. The molecule has 1 fully saturated rings. The highest BCUT2D eigenvalue weighted by Gasteiger charge is 2.47. The van der Waals surface area contributed by atoms with Gasteiger partial charge in [-0.1, -0.05) is 30.3 Å². The number of rotatable bonds is 7. The number of ketones is 1. The van der Waals surface area contributed by atoms with Crippen LogP contribution < -0.4 is 14.4 Å². The van der Waals surface area contributed by atoms with Gasteiger partial charge in [-0.25, -0.2) is 0 Å². The lowest BCUT2D eigenvalue weighted by Gasteiger charge is -2.26. The fraction of sp³-hybridized carbons (Fsp3) is 0.241. The highest BCUT2D eigenvalue weighted by Crippen LogP contribution is 2.43. The topological polar surface area (TPSA) is 76.1 Å². The van der Waals surface area contributed by atoms with Gasteiger partial charge in [-0.05, 0) is 81.3 Å². The number of nitrogens with zero attached hydrogens (tertiary/aromatic N) is 1. The van der Waals surface area contributed by atoms with Gasteiger partial charge >= 0.3 is 0 Å². The Hall–Kier alpha value is -4.06. The molecule has 0 aromatic heterocycles.